The molecule has 0 amide bonds. The number of hydrogen-bond donors (Lipinski definition) is 0. The molecule has 1 aromatic heterocycles. The van der Waals surface area contributed by atoms with E-state index in [0.717, 1.165) is 41.4 Å². The molecule has 0 saturated carbocycles. The predicted octanol–water partition coefficient (Wildman–Crippen LogP) is 6.54. The first-order chi connectivity index (χ1) is 14.3. The number of nitrogens with zero attached hydrogens (tertiary/aromatic N) is 1. The van der Waals surface area contributed by atoms with Gasteiger partial charge in [-0.25, -0.2) is 9.18 Å². The van der Waals surface area contributed by atoms with Crippen molar-refractivity contribution in [2.75, 3.05) is 0 Å². The first-order valence-corrected chi connectivity index (χ1v) is 10.6. The predicted molar refractivity (Wildman–Crippen MR) is 117 cm³/mol. The molecule has 0 N–H and O–H groups in total. The summed E-state index contributed by atoms with van der Waals surface area (Å²) in [4.78, 5) is 18.1. The molecule has 1 aliphatic carbocycles. The van der Waals surface area contributed by atoms with Gasteiger partial charge in [0.05, 0.1) is 16.1 Å². The van der Waals surface area contributed by atoms with Gasteiger partial charge in [0, 0.05) is 16.6 Å². The topological polar surface area (TPSA) is 39.2 Å². The van der Waals surface area contributed by atoms with E-state index in [0.29, 0.717) is 11.5 Å². The summed E-state index contributed by atoms with van der Waals surface area (Å²) >= 11 is 6.10. The van der Waals surface area contributed by atoms with Crippen molar-refractivity contribution < 1.29 is 13.9 Å². The van der Waals surface area contributed by atoms with Crippen molar-refractivity contribution in [3.8, 4) is 0 Å². The van der Waals surface area contributed by atoms with Crippen LogP contribution >= 0.6 is 11.6 Å². The van der Waals surface area contributed by atoms with Crippen molar-refractivity contribution in [3.05, 3.63) is 75.7 Å². The Morgan fingerprint density at radius 1 is 1.20 bits per heavy atom. The fourth-order valence-electron chi connectivity index (χ4n) is 4.24. The molecule has 4 rings (SSSR count). The molecule has 0 saturated heterocycles. The van der Waals surface area contributed by atoms with Gasteiger partial charge in [-0.1, -0.05) is 56.6 Å². The van der Waals surface area contributed by atoms with Crippen LogP contribution < -0.4 is 0 Å². The number of aryl methyl sites for hydroxylation is 1. The quantitative estimate of drug-likeness (QED) is 0.447. The lowest BCUT2D eigenvalue weighted by Gasteiger charge is -2.35. The van der Waals surface area contributed by atoms with Crippen LogP contribution in [0.4, 0.5) is 4.39 Å². The summed E-state index contributed by atoms with van der Waals surface area (Å²) in [6, 6.07) is 12.0. The molecule has 5 heteroatoms. The summed E-state index contributed by atoms with van der Waals surface area (Å²) in [5.41, 5.74) is 3.57. The highest BCUT2D eigenvalue weighted by molar-refractivity contribution is 6.31. The van der Waals surface area contributed by atoms with Crippen LogP contribution in [-0.4, -0.2) is 11.0 Å². The molecule has 0 fully saturated rings. The van der Waals surface area contributed by atoms with Crippen molar-refractivity contribution in [1.82, 2.24) is 4.98 Å². The minimum Gasteiger partial charge on any atom is -0.457 e. The number of halogens is 2. The van der Waals surface area contributed by atoms with Crippen LogP contribution in [0.3, 0.4) is 0 Å². The second-order valence-corrected chi connectivity index (χ2v) is 9.42. The Morgan fingerprint density at radius 2 is 1.97 bits per heavy atom. The number of carbonyl (C=O) groups is 1. The molecule has 3 nitrogen and oxygen atoms in total. The van der Waals surface area contributed by atoms with E-state index in [9.17, 15) is 9.18 Å². The Kier molecular flexibility index (Phi) is 5.54. The van der Waals surface area contributed by atoms with Gasteiger partial charge in [-0.15, -0.1) is 0 Å². The van der Waals surface area contributed by atoms with E-state index in [1.54, 1.807) is 6.07 Å². The minimum atomic E-state index is -0.482. The van der Waals surface area contributed by atoms with Crippen molar-refractivity contribution in [2.45, 2.75) is 46.6 Å². The lowest BCUT2D eigenvalue weighted by molar-refractivity contribution is 0.0468. The first-order valence-electron chi connectivity index (χ1n) is 10.3. The van der Waals surface area contributed by atoms with E-state index < -0.39 is 11.8 Å². The highest BCUT2D eigenvalue weighted by Gasteiger charge is 2.33. The van der Waals surface area contributed by atoms with E-state index >= 15 is 0 Å². The maximum Gasteiger partial charge on any atom is 0.339 e. The highest BCUT2D eigenvalue weighted by Crippen LogP contribution is 2.39. The van der Waals surface area contributed by atoms with Crippen LogP contribution in [0.1, 0.15) is 54.4 Å². The van der Waals surface area contributed by atoms with Crippen LogP contribution in [0.5, 0.6) is 0 Å². The second-order valence-electron chi connectivity index (χ2n) is 9.01. The fraction of sp³-hybridized carbons (Fsp3) is 0.360. The lowest BCUT2D eigenvalue weighted by atomic mass is 9.70. The first kappa shape index (κ1) is 20.8. The van der Waals surface area contributed by atoms with Gasteiger partial charge in [-0.2, -0.15) is 0 Å². The smallest absolute Gasteiger partial charge is 0.339 e. The average Bonchev–Trinajstić information content (AvgIpc) is 2.70. The van der Waals surface area contributed by atoms with E-state index in [2.05, 4.69) is 20.8 Å². The molecule has 0 aliphatic heterocycles. The van der Waals surface area contributed by atoms with Gasteiger partial charge >= 0.3 is 5.97 Å². The van der Waals surface area contributed by atoms with Crippen LogP contribution in [0.25, 0.3) is 10.9 Å². The van der Waals surface area contributed by atoms with Crippen molar-refractivity contribution in [2.24, 2.45) is 11.3 Å². The summed E-state index contributed by atoms with van der Waals surface area (Å²) in [6.45, 7) is 6.48. The summed E-state index contributed by atoms with van der Waals surface area (Å²) in [5, 5.41) is 1.02. The van der Waals surface area contributed by atoms with Crippen molar-refractivity contribution in [3.63, 3.8) is 0 Å². The van der Waals surface area contributed by atoms with Crippen LogP contribution in [0.2, 0.25) is 5.02 Å². The average molecular weight is 426 g/mol. The van der Waals surface area contributed by atoms with Crippen molar-refractivity contribution in [1.29, 1.82) is 0 Å². The monoisotopic (exact) mass is 425 g/mol. The molecular weight excluding hydrogens is 401 g/mol. The maximum absolute atomic E-state index is 14.1. The third-order valence-corrected chi connectivity index (χ3v) is 6.45. The summed E-state index contributed by atoms with van der Waals surface area (Å²) in [5.74, 6) is -0.496. The molecule has 3 aromatic rings. The minimum absolute atomic E-state index is 0.130. The number of para-hydroxylation sites is 1. The fourth-order valence-corrected chi connectivity index (χ4v) is 4.46. The molecule has 1 heterocycles. The number of rotatable bonds is 3. The molecule has 2 aromatic carbocycles. The number of pyridine rings is 1. The van der Waals surface area contributed by atoms with Crippen LogP contribution in [0.15, 0.2) is 42.5 Å². The van der Waals surface area contributed by atoms with Gasteiger partial charge in [0.15, 0.2) is 0 Å². The largest absolute Gasteiger partial charge is 0.457 e. The standard InChI is InChI=1S/C25H25ClFNO2/c1-25(2,3)15-11-12-22-17(13-15)23(16-7-4-5-10-21(16)28-22)24(29)30-14-18-19(26)8-6-9-20(18)27/h4-10,15H,11-14H2,1-3H3. The van der Waals surface area contributed by atoms with Crippen LogP contribution in [0, 0.1) is 17.2 Å². The number of carbonyl (C=O) groups excluding carboxylic acids is 1. The molecule has 30 heavy (non-hydrogen) atoms. The second kappa shape index (κ2) is 7.99. The van der Waals surface area contributed by atoms with Gasteiger partial charge in [0.25, 0.3) is 0 Å². The molecule has 1 unspecified atom stereocenters. The highest BCUT2D eigenvalue weighted by atomic mass is 35.5. The molecule has 1 aliphatic rings. The molecule has 0 spiro atoms. The van der Waals surface area contributed by atoms with Gasteiger partial charge in [-0.3, -0.25) is 4.98 Å². The number of ether oxygens (including phenoxy) is 1. The zero-order chi connectivity index (χ0) is 21.5. The Morgan fingerprint density at radius 3 is 2.70 bits per heavy atom. The SMILES string of the molecule is CC(C)(C)C1CCc2nc3ccccc3c(C(=O)OCc3c(F)cccc3Cl)c2C1. The van der Waals surface area contributed by atoms with Gasteiger partial charge in [0.1, 0.15) is 12.4 Å². The van der Waals surface area contributed by atoms with E-state index in [1.807, 2.05) is 24.3 Å². The Balaban J connectivity index is 1.74. The number of hydrogen-bond acceptors (Lipinski definition) is 3. The third kappa shape index (κ3) is 3.93. The van der Waals surface area contributed by atoms with E-state index in [-0.39, 0.29) is 22.6 Å². The maximum atomic E-state index is 14.1. The molecule has 0 bridgehead atoms. The van der Waals surface area contributed by atoms with Gasteiger partial charge < -0.3 is 4.74 Å². The normalized spacial score (nSPS) is 16.4. The van der Waals surface area contributed by atoms with Gasteiger partial charge in [0.2, 0.25) is 0 Å². The molecule has 156 valence electrons. The zero-order valence-electron chi connectivity index (χ0n) is 17.5. The third-order valence-electron chi connectivity index (χ3n) is 6.10. The van der Waals surface area contributed by atoms with Crippen molar-refractivity contribution >= 4 is 28.5 Å². The summed E-state index contributed by atoms with van der Waals surface area (Å²) in [6.07, 6.45) is 2.66. The molecule has 0 radical (unpaired) electrons. The van der Waals surface area contributed by atoms with E-state index in [4.69, 9.17) is 21.3 Å². The van der Waals surface area contributed by atoms with Gasteiger partial charge in [-0.05, 0) is 54.4 Å². The van der Waals surface area contributed by atoms with Crippen LogP contribution in [-0.2, 0) is 24.2 Å². The number of aromatic nitrogens is 1. The Hall–Kier alpha value is -2.46. The lowest BCUT2D eigenvalue weighted by Crippen LogP contribution is -2.29. The zero-order valence-corrected chi connectivity index (χ0v) is 18.2. The summed E-state index contributed by atoms with van der Waals surface area (Å²) in [7, 11) is 0. The molecule has 1 atom stereocenters. The number of fused-ring (bicyclic) bond motifs is 2. The summed E-state index contributed by atoms with van der Waals surface area (Å²) < 4.78 is 19.7. The van der Waals surface area contributed by atoms with E-state index in [1.165, 1.54) is 12.1 Å². The molecular formula is C25H25ClFNO2. The number of esters is 1. The Labute approximate surface area is 181 Å². The number of benzene rings is 2. The Bertz CT molecular complexity index is 1100.